The van der Waals surface area contributed by atoms with E-state index in [0.717, 1.165) is 0 Å². The molecule has 1 N–H and O–H groups in total. The Bertz CT molecular complexity index is 1060. The molecule has 25 heavy (non-hydrogen) atoms. The monoisotopic (exact) mass is 376 g/mol. The van der Waals surface area contributed by atoms with Crippen molar-refractivity contribution in [3.63, 3.8) is 0 Å². The molecule has 0 atom stereocenters. The van der Waals surface area contributed by atoms with Crippen LogP contribution in [0.15, 0.2) is 54.5 Å². The summed E-state index contributed by atoms with van der Waals surface area (Å²) in [6, 6.07) is 6.67. The predicted octanol–water partition coefficient (Wildman–Crippen LogP) is 3.24. The van der Waals surface area contributed by atoms with Crippen LogP contribution in [0.1, 0.15) is 21.7 Å². The summed E-state index contributed by atoms with van der Waals surface area (Å²) < 4.78 is 26.4. The standard InChI is InChI=1S/C17H13ClN2O4S/c1-3-12-14(4-2)25(23,24)9-13-15(17(21)22)19-20(16(12)13)11-7-5-6-10(18)8-11/h3-8H,1-2,9H2,(H,21,22). The fourth-order valence-electron chi connectivity index (χ4n) is 2.82. The zero-order valence-electron chi connectivity index (χ0n) is 12.9. The number of rotatable bonds is 4. The van der Waals surface area contributed by atoms with Gasteiger partial charge in [-0.1, -0.05) is 43.0 Å². The van der Waals surface area contributed by atoms with Crippen LogP contribution >= 0.6 is 11.6 Å². The molecule has 8 heteroatoms. The molecule has 2 aromatic rings. The maximum Gasteiger partial charge on any atom is 0.356 e. The third kappa shape index (κ3) is 2.71. The van der Waals surface area contributed by atoms with Crippen LogP contribution in [0.2, 0.25) is 5.02 Å². The van der Waals surface area contributed by atoms with Gasteiger partial charge in [0, 0.05) is 16.2 Å². The van der Waals surface area contributed by atoms with Crippen LogP contribution in [-0.4, -0.2) is 29.3 Å². The third-order valence-corrected chi connectivity index (χ3v) is 5.78. The number of aromatic nitrogens is 2. The second-order valence-electron chi connectivity index (χ2n) is 5.32. The van der Waals surface area contributed by atoms with Crippen LogP contribution in [-0.2, 0) is 15.6 Å². The topological polar surface area (TPSA) is 89.3 Å². The van der Waals surface area contributed by atoms with Gasteiger partial charge >= 0.3 is 5.97 Å². The van der Waals surface area contributed by atoms with E-state index in [1.54, 1.807) is 24.3 Å². The van der Waals surface area contributed by atoms with Crippen molar-refractivity contribution in [3.05, 3.63) is 76.5 Å². The molecule has 3 rings (SSSR count). The predicted molar refractivity (Wildman–Crippen MR) is 95.5 cm³/mol. The van der Waals surface area contributed by atoms with Gasteiger partial charge in [0.1, 0.15) is 0 Å². The lowest BCUT2D eigenvalue weighted by molar-refractivity contribution is 0.0689. The number of hydrogen-bond donors (Lipinski definition) is 1. The van der Waals surface area contributed by atoms with Crippen LogP contribution in [0.5, 0.6) is 0 Å². The molecule has 6 nitrogen and oxygen atoms in total. The van der Waals surface area contributed by atoms with Crippen molar-refractivity contribution in [2.45, 2.75) is 5.75 Å². The Morgan fingerprint density at radius 2 is 2.04 bits per heavy atom. The second-order valence-corrected chi connectivity index (χ2v) is 7.71. The molecule has 0 bridgehead atoms. The number of carbonyl (C=O) groups is 1. The van der Waals surface area contributed by atoms with Crippen molar-refractivity contribution < 1.29 is 18.3 Å². The highest BCUT2D eigenvalue weighted by Crippen LogP contribution is 2.38. The van der Waals surface area contributed by atoms with Gasteiger partial charge in [0.05, 0.1) is 22.0 Å². The lowest BCUT2D eigenvalue weighted by atomic mass is 10.1. The van der Waals surface area contributed by atoms with Gasteiger partial charge in [-0.3, -0.25) is 0 Å². The van der Waals surface area contributed by atoms with Gasteiger partial charge in [-0.25, -0.2) is 17.9 Å². The fraction of sp³-hybridized carbons (Fsp3) is 0.0588. The number of carboxylic acid groups (broad SMARTS) is 1. The Hall–Kier alpha value is -2.64. The summed E-state index contributed by atoms with van der Waals surface area (Å²) in [6.45, 7) is 7.23. The first-order chi connectivity index (χ1) is 11.8. The number of benzene rings is 1. The van der Waals surface area contributed by atoms with Gasteiger partial charge in [0.15, 0.2) is 15.5 Å². The number of halogens is 1. The summed E-state index contributed by atoms with van der Waals surface area (Å²) >= 11 is 6.02. The maximum absolute atomic E-state index is 12.5. The van der Waals surface area contributed by atoms with Crippen molar-refractivity contribution in [2.75, 3.05) is 0 Å². The zero-order chi connectivity index (χ0) is 18.4. The summed E-state index contributed by atoms with van der Waals surface area (Å²) in [4.78, 5) is 11.6. The quantitative estimate of drug-likeness (QED) is 0.884. The number of aromatic carboxylic acids is 1. The Morgan fingerprint density at radius 3 is 2.60 bits per heavy atom. The van der Waals surface area contributed by atoms with Crippen LogP contribution in [0.3, 0.4) is 0 Å². The summed E-state index contributed by atoms with van der Waals surface area (Å²) in [5.74, 6) is -1.78. The van der Waals surface area contributed by atoms with Crippen molar-refractivity contribution in [1.82, 2.24) is 9.78 Å². The van der Waals surface area contributed by atoms with Gasteiger partial charge in [-0.2, -0.15) is 5.10 Å². The molecule has 0 unspecified atom stereocenters. The molecule has 0 saturated carbocycles. The summed E-state index contributed by atoms with van der Waals surface area (Å²) in [5.41, 5.74) is 0.933. The minimum atomic E-state index is -3.73. The SMILES string of the molecule is C=CC1=C(C=C)S(=O)(=O)Cc2c(C(=O)O)nn(-c3cccc(Cl)c3)c21. The van der Waals surface area contributed by atoms with Gasteiger partial charge in [-0.15, -0.1) is 0 Å². The molecule has 1 aromatic heterocycles. The average molecular weight is 377 g/mol. The first-order valence-electron chi connectivity index (χ1n) is 7.13. The minimum absolute atomic E-state index is 0.00452. The van der Waals surface area contributed by atoms with E-state index < -0.39 is 21.6 Å². The van der Waals surface area contributed by atoms with Gasteiger partial charge in [0.25, 0.3) is 0 Å². The highest BCUT2D eigenvalue weighted by molar-refractivity contribution is 7.95. The molecule has 0 fully saturated rings. The highest BCUT2D eigenvalue weighted by Gasteiger charge is 2.35. The van der Waals surface area contributed by atoms with Crippen molar-refractivity contribution >= 4 is 33.0 Å². The molecule has 1 aliphatic rings. The largest absolute Gasteiger partial charge is 0.476 e. The molecule has 0 radical (unpaired) electrons. The molecule has 2 heterocycles. The van der Waals surface area contributed by atoms with Crippen molar-refractivity contribution in [3.8, 4) is 5.69 Å². The maximum atomic E-state index is 12.5. The molecular formula is C17H13ClN2O4S. The van der Waals surface area contributed by atoms with Gasteiger partial charge in [-0.05, 0) is 18.2 Å². The van der Waals surface area contributed by atoms with E-state index in [-0.39, 0.29) is 21.7 Å². The Morgan fingerprint density at radius 1 is 1.32 bits per heavy atom. The van der Waals surface area contributed by atoms with Crippen LogP contribution in [0, 0.1) is 0 Å². The molecule has 0 amide bonds. The van der Waals surface area contributed by atoms with Crippen LogP contribution < -0.4 is 0 Å². The van der Waals surface area contributed by atoms with Crippen molar-refractivity contribution in [1.29, 1.82) is 0 Å². The summed E-state index contributed by atoms with van der Waals surface area (Å²) in [5, 5.41) is 14.0. The lowest BCUT2D eigenvalue weighted by Crippen LogP contribution is -2.17. The van der Waals surface area contributed by atoms with Crippen LogP contribution in [0.25, 0.3) is 11.3 Å². The first-order valence-corrected chi connectivity index (χ1v) is 9.16. The molecular weight excluding hydrogens is 364 g/mol. The second kappa shape index (κ2) is 6.02. The Kier molecular flexibility index (Phi) is 4.14. The van der Waals surface area contributed by atoms with E-state index in [1.807, 2.05) is 0 Å². The van der Waals surface area contributed by atoms with Crippen LogP contribution in [0.4, 0.5) is 0 Å². The number of fused-ring (bicyclic) bond motifs is 1. The third-order valence-electron chi connectivity index (χ3n) is 3.82. The van der Waals surface area contributed by atoms with E-state index in [0.29, 0.717) is 16.4 Å². The van der Waals surface area contributed by atoms with E-state index in [4.69, 9.17) is 11.6 Å². The van der Waals surface area contributed by atoms with E-state index in [9.17, 15) is 18.3 Å². The van der Waals surface area contributed by atoms with Gasteiger partial charge in [0.2, 0.25) is 0 Å². The number of carboxylic acids is 1. The minimum Gasteiger partial charge on any atom is -0.476 e. The number of sulfone groups is 1. The highest BCUT2D eigenvalue weighted by atomic mass is 35.5. The smallest absolute Gasteiger partial charge is 0.356 e. The number of hydrogen-bond acceptors (Lipinski definition) is 4. The van der Waals surface area contributed by atoms with E-state index in [2.05, 4.69) is 18.3 Å². The van der Waals surface area contributed by atoms with E-state index >= 15 is 0 Å². The lowest BCUT2D eigenvalue weighted by Gasteiger charge is -2.19. The molecule has 0 saturated heterocycles. The zero-order valence-corrected chi connectivity index (χ0v) is 14.5. The summed E-state index contributed by atoms with van der Waals surface area (Å²) in [7, 11) is -3.73. The molecule has 1 aromatic carbocycles. The Labute approximate surface area is 149 Å². The molecule has 1 aliphatic heterocycles. The number of allylic oxidation sites excluding steroid dienone is 3. The summed E-state index contributed by atoms with van der Waals surface area (Å²) in [6.07, 6.45) is 2.59. The van der Waals surface area contributed by atoms with Gasteiger partial charge < -0.3 is 5.11 Å². The molecule has 0 spiro atoms. The normalized spacial score (nSPS) is 15.6. The number of nitrogens with zero attached hydrogens (tertiary/aromatic N) is 2. The van der Waals surface area contributed by atoms with Crippen molar-refractivity contribution in [2.24, 2.45) is 0 Å². The molecule has 128 valence electrons. The first kappa shape index (κ1) is 17.2. The average Bonchev–Trinajstić information content (AvgIpc) is 2.91. The fourth-order valence-corrected chi connectivity index (χ4v) is 4.58. The Balaban J connectivity index is 2.45. The molecule has 0 aliphatic carbocycles. The van der Waals surface area contributed by atoms with E-state index in [1.165, 1.54) is 16.8 Å².